The fourth-order valence-electron chi connectivity index (χ4n) is 2.59. The zero-order chi connectivity index (χ0) is 12.2. The number of piperidine rings is 1. The maximum Gasteiger partial charge on any atom is 0.141 e. The van der Waals surface area contributed by atoms with Gasteiger partial charge >= 0.3 is 0 Å². The Morgan fingerprint density at radius 2 is 2.17 bits per heavy atom. The number of pyridine rings is 1. The van der Waals surface area contributed by atoms with Gasteiger partial charge in [0.25, 0.3) is 0 Å². The Labute approximate surface area is 106 Å². The van der Waals surface area contributed by atoms with Gasteiger partial charge in [0.1, 0.15) is 12.2 Å². The molecule has 2 aromatic heterocycles. The highest BCUT2D eigenvalue weighted by molar-refractivity contribution is 5.10. The molecule has 1 atom stereocenters. The van der Waals surface area contributed by atoms with Crippen LogP contribution in [-0.4, -0.2) is 31.6 Å². The van der Waals surface area contributed by atoms with Crippen molar-refractivity contribution in [3.63, 3.8) is 0 Å². The van der Waals surface area contributed by atoms with Crippen molar-refractivity contribution in [1.82, 2.24) is 25.1 Å². The standard InChI is InChI=1S/C13H17N5/c1-2-8-18(9-11-4-6-14-7-5-11)12(3-1)13-15-10-16-17-13/h4-7,10,12H,1-3,8-9H2,(H,15,16,17). The summed E-state index contributed by atoms with van der Waals surface area (Å²) >= 11 is 0. The minimum atomic E-state index is 0.370. The van der Waals surface area contributed by atoms with E-state index in [2.05, 4.69) is 37.2 Å². The van der Waals surface area contributed by atoms with E-state index in [0.29, 0.717) is 6.04 Å². The molecule has 0 aliphatic carbocycles. The molecule has 0 spiro atoms. The molecular formula is C13H17N5. The highest BCUT2D eigenvalue weighted by Crippen LogP contribution is 2.29. The predicted molar refractivity (Wildman–Crippen MR) is 67.6 cm³/mol. The number of hydrogen-bond donors (Lipinski definition) is 1. The predicted octanol–water partition coefficient (Wildman–Crippen LogP) is 1.93. The smallest absolute Gasteiger partial charge is 0.141 e. The molecule has 0 radical (unpaired) electrons. The van der Waals surface area contributed by atoms with Gasteiger partial charge in [-0.15, -0.1) is 0 Å². The van der Waals surface area contributed by atoms with Crippen molar-refractivity contribution >= 4 is 0 Å². The average molecular weight is 243 g/mol. The Bertz CT molecular complexity index is 467. The van der Waals surface area contributed by atoms with Gasteiger partial charge in [0.15, 0.2) is 0 Å². The van der Waals surface area contributed by atoms with E-state index >= 15 is 0 Å². The molecule has 18 heavy (non-hydrogen) atoms. The molecule has 3 rings (SSSR count). The van der Waals surface area contributed by atoms with Crippen LogP contribution in [-0.2, 0) is 6.54 Å². The highest BCUT2D eigenvalue weighted by atomic mass is 15.3. The Morgan fingerprint density at radius 3 is 2.94 bits per heavy atom. The first-order valence-corrected chi connectivity index (χ1v) is 6.42. The lowest BCUT2D eigenvalue weighted by molar-refractivity contribution is 0.134. The van der Waals surface area contributed by atoms with Crippen molar-refractivity contribution in [3.8, 4) is 0 Å². The second-order valence-corrected chi connectivity index (χ2v) is 4.71. The van der Waals surface area contributed by atoms with Crippen LogP contribution in [0.1, 0.15) is 36.7 Å². The summed E-state index contributed by atoms with van der Waals surface area (Å²) in [5.41, 5.74) is 1.30. The molecule has 1 aliphatic rings. The minimum Gasteiger partial charge on any atom is -0.289 e. The third-order valence-electron chi connectivity index (χ3n) is 3.50. The van der Waals surface area contributed by atoms with E-state index in [9.17, 15) is 0 Å². The van der Waals surface area contributed by atoms with Gasteiger partial charge in [-0.25, -0.2) is 4.98 Å². The largest absolute Gasteiger partial charge is 0.289 e. The minimum absolute atomic E-state index is 0.370. The lowest BCUT2D eigenvalue weighted by atomic mass is 10.0. The number of H-pyrrole nitrogens is 1. The van der Waals surface area contributed by atoms with E-state index in [1.807, 2.05) is 12.4 Å². The number of rotatable bonds is 3. The molecular weight excluding hydrogens is 226 g/mol. The Hall–Kier alpha value is -1.75. The molecule has 5 heteroatoms. The monoisotopic (exact) mass is 243 g/mol. The summed E-state index contributed by atoms with van der Waals surface area (Å²) in [7, 11) is 0. The van der Waals surface area contributed by atoms with E-state index in [-0.39, 0.29) is 0 Å². The molecule has 0 saturated carbocycles. The van der Waals surface area contributed by atoms with Gasteiger partial charge in [0, 0.05) is 18.9 Å². The van der Waals surface area contributed by atoms with E-state index in [4.69, 9.17) is 0 Å². The summed E-state index contributed by atoms with van der Waals surface area (Å²) in [6.45, 7) is 2.07. The second-order valence-electron chi connectivity index (χ2n) is 4.71. The number of aromatic nitrogens is 4. The number of hydrogen-bond acceptors (Lipinski definition) is 4. The van der Waals surface area contributed by atoms with Gasteiger partial charge in [0.05, 0.1) is 6.04 Å². The van der Waals surface area contributed by atoms with Crippen molar-refractivity contribution < 1.29 is 0 Å². The molecule has 0 bridgehead atoms. The first-order valence-electron chi connectivity index (χ1n) is 6.42. The third kappa shape index (κ3) is 2.41. The first kappa shape index (κ1) is 11.3. The van der Waals surface area contributed by atoms with Gasteiger partial charge in [-0.2, -0.15) is 5.10 Å². The van der Waals surface area contributed by atoms with Crippen LogP contribution in [0.2, 0.25) is 0 Å². The number of nitrogens with one attached hydrogen (secondary N) is 1. The van der Waals surface area contributed by atoms with E-state index < -0.39 is 0 Å². The summed E-state index contributed by atoms with van der Waals surface area (Å²) in [6, 6.07) is 4.52. The normalized spacial score (nSPS) is 21.0. The van der Waals surface area contributed by atoms with Crippen molar-refractivity contribution in [2.45, 2.75) is 31.8 Å². The highest BCUT2D eigenvalue weighted by Gasteiger charge is 2.25. The van der Waals surface area contributed by atoms with Crippen molar-refractivity contribution in [2.75, 3.05) is 6.54 Å². The lowest BCUT2D eigenvalue weighted by Gasteiger charge is -2.34. The molecule has 0 amide bonds. The summed E-state index contributed by atoms with van der Waals surface area (Å²) in [6.07, 6.45) is 8.97. The van der Waals surface area contributed by atoms with Crippen LogP contribution >= 0.6 is 0 Å². The van der Waals surface area contributed by atoms with Gasteiger partial charge < -0.3 is 0 Å². The Morgan fingerprint density at radius 1 is 1.28 bits per heavy atom. The first-order chi connectivity index (χ1) is 8.93. The van der Waals surface area contributed by atoms with Crippen LogP contribution in [0.15, 0.2) is 30.9 Å². The second kappa shape index (κ2) is 5.27. The molecule has 94 valence electrons. The fourth-order valence-corrected chi connectivity index (χ4v) is 2.59. The zero-order valence-electron chi connectivity index (χ0n) is 10.3. The Kier molecular flexibility index (Phi) is 3.32. The molecule has 1 fully saturated rings. The van der Waals surface area contributed by atoms with Crippen molar-refractivity contribution in [2.24, 2.45) is 0 Å². The van der Waals surface area contributed by atoms with Crippen LogP contribution in [0.5, 0.6) is 0 Å². The van der Waals surface area contributed by atoms with Crippen LogP contribution in [0.3, 0.4) is 0 Å². The maximum absolute atomic E-state index is 4.31. The summed E-state index contributed by atoms with van der Waals surface area (Å²) < 4.78 is 0. The van der Waals surface area contributed by atoms with Crippen LogP contribution in [0.4, 0.5) is 0 Å². The SMILES string of the molecule is c1cc(CN2CCCCC2c2ncn[nH]2)ccn1. The summed E-state index contributed by atoms with van der Waals surface area (Å²) in [4.78, 5) is 10.8. The zero-order valence-corrected chi connectivity index (χ0v) is 10.3. The molecule has 3 heterocycles. The molecule has 5 nitrogen and oxygen atoms in total. The molecule has 2 aromatic rings. The lowest BCUT2D eigenvalue weighted by Crippen LogP contribution is -2.33. The summed E-state index contributed by atoms with van der Waals surface area (Å²) in [5.74, 6) is 0.990. The van der Waals surface area contributed by atoms with Crippen molar-refractivity contribution in [1.29, 1.82) is 0 Å². The van der Waals surface area contributed by atoms with Gasteiger partial charge in [0.2, 0.25) is 0 Å². The molecule has 1 N–H and O–H groups in total. The van der Waals surface area contributed by atoms with Crippen LogP contribution in [0, 0.1) is 0 Å². The third-order valence-corrected chi connectivity index (χ3v) is 3.50. The van der Waals surface area contributed by atoms with Gasteiger partial charge in [-0.05, 0) is 37.1 Å². The van der Waals surface area contributed by atoms with E-state index in [1.165, 1.54) is 18.4 Å². The molecule has 1 saturated heterocycles. The number of nitrogens with zero attached hydrogens (tertiary/aromatic N) is 4. The quantitative estimate of drug-likeness (QED) is 0.895. The summed E-state index contributed by atoms with van der Waals surface area (Å²) in [5, 5.41) is 6.97. The van der Waals surface area contributed by atoms with E-state index in [1.54, 1.807) is 6.33 Å². The molecule has 1 aliphatic heterocycles. The molecule has 0 aromatic carbocycles. The van der Waals surface area contributed by atoms with Crippen molar-refractivity contribution in [3.05, 3.63) is 42.2 Å². The van der Waals surface area contributed by atoms with Crippen LogP contribution < -0.4 is 0 Å². The Balaban J connectivity index is 1.76. The number of likely N-dealkylation sites (tertiary alicyclic amines) is 1. The van der Waals surface area contributed by atoms with Crippen LogP contribution in [0.25, 0.3) is 0 Å². The maximum atomic E-state index is 4.31. The van der Waals surface area contributed by atoms with Gasteiger partial charge in [-0.3, -0.25) is 15.0 Å². The molecule has 1 unspecified atom stereocenters. The average Bonchev–Trinajstić information content (AvgIpc) is 2.94. The topological polar surface area (TPSA) is 57.7 Å². The van der Waals surface area contributed by atoms with Gasteiger partial charge in [-0.1, -0.05) is 6.42 Å². The number of aromatic amines is 1. The van der Waals surface area contributed by atoms with E-state index in [0.717, 1.165) is 25.3 Å². The fraction of sp³-hybridized carbons (Fsp3) is 0.462.